The van der Waals surface area contributed by atoms with E-state index in [-0.39, 0.29) is 0 Å². The van der Waals surface area contributed by atoms with Gasteiger partial charge in [0.1, 0.15) is 0 Å². The van der Waals surface area contributed by atoms with Gasteiger partial charge in [0, 0.05) is 24.8 Å². The van der Waals surface area contributed by atoms with Crippen LogP contribution in [0.15, 0.2) is 42.5 Å². The summed E-state index contributed by atoms with van der Waals surface area (Å²) in [6.07, 6.45) is 1.15. The summed E-state index contributed by atoms with van der Waals surface area (Å²) < 4.78 is 0. The Morgan fingerprint density at radius 1 is 1.15 bits per heavy atom. The van der Waals surface area contributed by atoms with Gasteiger partial charge in [-0.15, -0.1) is 0 Å². The zero-order valence-corrected chi connectivity index (χ0v) is 12.2. The van der Waals surface area contributed by atoms with Gasteiger partial charge < -0.3 is 10.6 Å². The first kappa shape index (κ1) is 13.2. The van der Waals surface area contributed by atoms with Crippen molar-refractivity contribution in [1.82, 2.24) is 5.32 Å². The highest BCUT2D eigenvalue weighted by Crippen LogP contribution is 2.26. The van der Waals surface area contributed by atoms with Crippen LogP contribution in [0.1, 0.15) is 35.2 Å². The number of hydrogen-bond donors (Lipinski definition) is 2. The molecule has 104 valence electrons. The molecule has 0 spiro atoms. The predicted molar refractivity (Wildman–Crippen MR) is 85.1 cm³/mol. The van der Waals surface area contributed by atoms with Crippen molar-refractivity contribution < 1.29 is 0 Å². The summed E-state index contributed by atoms with van der Waals surface area (Å²) in [5, 5.41) is 7.12. The fourth-order valence-electron chi connectivity index (χ4n) is 2.79. The highest BCUT2D eigenvalue weighted by molar-refractivity contribution is 5.61. The summed E-state index contributed by atoms with van der Waals surface area (Å²) in [6, 6.07) is 15.7. The molecule has 0 radical (unpaired) electrons. The van der Waals surface area contributed by atoms with E-state index < -0.39 is 0 Å². The molecule has 2 aromatic carbocycles. The molecule has 1 aliphatic heterocycles. The Hall–Kier alpha value is -1.80. The minimum Gasteiger partial charge on any atom is -0.384 e. The Bertz CT molecular complexity index is 587. The molecule has 2 nitrogen and oxygen atoms in total. The molecule has 0 saturated heterocycles. The molecule has 1 heterocycles. The first-order valence-electron chi connectivity index (χ1n) is 7.38. The van der Waals surface area contributed by atoms with Gasteiger partial charge in [0.05, 0.1) is 0 Å². The van der Waals surface area contributed by atoms with Crippen molar-refractivity contribution in [3.63, 3.8) is 0 Å². The maximum atomic E-state index is 3.62. The van der Waals surface area contributed by atoms with Gasteiger partial charge in [-0.1, -0.05) is 48.0 Å². The molecule has 0 unspecified atom stereocenters. The molecule has 0 bridgehead atoms. The van der Waals surface area contributed by atoms with Crippen LogP contribution in [0.5, 0.6) is 0 Å². The molecular formula is C18H22N2. The highest BCUT2D eigenvalue weighted by Gasteiger charge is 2.14. The summed E-state index contributed by atoms with van der Waals surface area (Å²) in [4.78, 5) is 0. The largest absolute Gasteiger partial charge is 0.384 e. The summed E-state index contributed by atoms with van der Waals surface area (Å²) in [7, 11) is 0. The average molecular weight is 266 g/mol. The molecule has 0 aromatic heterocycles. The summed E-state index contributed by atoms with van der Waals surface area (Å²) in [5.74, 6) is 0. The molecule has 3 rings (SSSR count). The molecule has 20 heavy (non-hydrogen) atoms. The van der Waals surface area contributed by atoms with Crippen LogP contribution in [0.2, 0.25) is 0 Å². The van der Waals surface area contributed by atoms with Gasteiger partial charge in [0.2, 0.25) is 0 Å². The van der Waals surface area contributed by atoms with Crippen molar-refractivity contribution in [2.24, 2.45) is 0 Å². The molecule has 2 aromatic rings. The van der Waals surface area contributed by atoms with Crippen LogP contribution in [-0.4, -0.2) is 6.54 Å². The number of fused-ring (bicyclic) bond motifs is 1. The summed E-state index contributed by atoms with van der Waals surface area (Å²) in [6.45, 7) is 6.33. The second-order valence-electron chi connectivity index (χ2n) is 5.64. The second kappa shape index (κ2) is 5.68. The minimum absolute atomic E-state index is 0.368. The van der Waals surface area contributed by atoms with E-state index in [0.717, 1.165) is 19.5 Å². The van der Waals surface area contributed by atoms with E-state index >= 15 is 0 Å². The lowest BCUT2D eigenvalue weighted by Crippen LogP contribution is -2.18. The van der Waals surface area contributed by atoms with E-state index in [1.165, 1.54) is 27.9 Å². The molecule has 2 heteroatoms. The molecular weight excluding hydrogens is 244 g/mol. The molecule has 1 atom stereocenters. The van der Waals surface area contributed by atoms with Gasteiger partial charge in [-0.25, -0.2) is 0 Å². The Morgan fingerprint density at radius 2 is 1.95 bits per heavy atom. The van der Waals surface area contributed by atoms with E-state index in [2.05, 4.69) is 66.9 Å². The van der Waals surface area contributed by atoms with Crippen LogP contribution in [0, 0.1) is 6.92 Å². The Labute approximate surface area is 121 Å². The maximum Gasteiger partial charge on any atom is 0.0419 e. The topological polar surface area (TPSA) is 24.1 Å². The number of para-hydroxylation sites is 1. The van der Waals surface area contributed by atoms with Crippen molar-refractivity contribution in [2.45, 2.75) is 32.9 Å². The third kappa shape index (κ3) is 2.70. The third-order valence-electron chi connectivity index (χ3n) is 4.11. The SMILES string of the molecule is Cc1ccc([C@H](C)NCc2cccc3c2NCC3)cc1. The van der Waals surface area contributed by atoms with E-state index in [0.29, 0.717) is 6.04 Å². The summed E-state index contributed by atoms with van der Waals surface area (Å²) >= 11 is 0. The van der Waals surface area contributed by atoms with Crippen molar-refractivity contribution in [3.05, 3.63) is 64.7 Å². The molecule has 0 amide bonds. The van der Waals surface area contributed by atoms with Crippen molar-refractivity contribution in [1.29, 1.82) is 0 Å². The second-order valence-corrected chi connectivity index (χ2v) is 5.64. The zero-order chi connectivity index (χ0) is 13.9. The first-order valence-corrected chi connectivity index (χ1v) is 7.38. The smallest absolute Gasteiger partial charge is 0.0419 e. The van der Waals surface area contributed by atoms with Gasteiger partial charge in [-0.3, -0.25) is 0 Å². The third-order valence-corrected chi connectivity index (χ3v) is 4.11. The molecule has 2 N–H and O–H groups in total. The first-order chi connectivity index (χ1) is 9.74. The van der Waals surface area contributed by atoms with Crippen molar-refractivity contribution in [3.8, 4) is 0 Å². The van der Waals surface area contributed by atoms with Crippen LogP contribution >= 0.6 is 0 Å². The Morgan fingerprint density at radius 3 is 2.75 bits per heavy atom. The molecule has 1 aliphatic rings. The van der Waals surface area contributed by atoms with Crippen LogP contribution in [-0.2, 0) is 13.0 Å². The minimum atomic E-state index is 0.368. The lowest BCUT2D eigenvalue weighted by Gasteiger charge is -2.16. The van der Waals surface area contributed by atoms with Gasteiger partial charge >= 0.3 is 0 Å². The van der Waals surface area contributed by atoms with E-state index in [9.17, 15) is 0 Å². The lowest BCUT2D eigenvalue weighted by molar-refractivity contribution is 0.575. The average Bonchev–Trinajstić information content (AvgIpc) is 2.94. The van der Waals surface area contributed by atoms with Crippen molar-refractivity contribution >= 4 is 5.69 Å². The fraction of sp³-hybridized carbons (Fsp3) is 0.333. The van der Waals surface area contributed by atoms with Gasteiger partial charge in [-0.2, -0.15) is 0 Å². The molecule has 0 saturated carbocycles. The number of rotatable bonds is 4. The summed E-state index contributed by atoms with van der Waals surface area (Å²) in [5.41, 5.74) is 6.82. The lowest BCUT2D eigenvalue weighted by atomic mass is 10.0. The molecule has 0 fully saturated rings. The van der Waals surface area contributed by atoms with Crippen molar-refractivity contribution in [2.75, 3.05) is 11.9 Å². The Kier molecular flexibility index (Phi) is 3.75. The van der Waals surface area contributed by atoms with Gasteiger partial charge in [0.25, 0.3) is 0 Å². The van der Waals surface area contributed by atoms with E-state index in [1.54, 1.807) is 0 Å². The quantitative estimate of drug-likeness (QED) is 0.879. The van der Waals surface area contributed by atoms with Gasteiger partial charge in [-0.05, 0) is 37.0 Å². The number of anilines is 1. The number of hydrogen-bond acceptors (Lipinski definition) is 2. The van der Waals surface area contributed by atoms with E-state index in [1.807, 2.05) is 0 Å². The zero-order valence-electron chi connectivity index (χ0n) is 12.2. The van der Waals surface area contributed by atoms with E-state index in [4.69, 9.17) is 0 Å². The van der Waals surface area contributed by atoms with Crippen LogP contribution in [0.4, 0.5) is 5.69 Å². The fourth-order valence-corrected chi connectivity index (χ4v) is 2.79. The standard InChI is InChI=1S/C18H22N2/c1-13-6-8-15(9-7-13)14(2)20-12-17-5-3-4-16-10-11-19-18(16)17/h3-9,14,19-20H,10-12H2,1-2H3/t14-/m0/s1. The Balaban J connectivity index is 1.68. The number of nitrogens with one attached hydrogen (secondary N) is 2. The predicted octanol–water partition coefficient (Wildman–Crippen LogP) is 3.81. The number of benzene rings is 2. The number of aryl methyl sites for hydroxylation is 1. The monoisotopic (exact) mass is 266 g/mol. The maximum absolute atomic E-state index is 3.62. The van der Waals surface area contributed by atoms with Gasteiger partial charge in [0.15, 0.2) is 0 Å². The van der Waals surface area contributed by atoms with Crippen LogP contribution < -0.4 is 10.6 Å². The highest BCUT2D eigenvalue weighted by atomic mass is 14.9. The van der Waals surface area contributed by atoms with Crippen LogP contribution in [0.25, 0.3) is 0 Å². The molecule has 0 aliphatic carbocycles. The van der Waals surface area contributed by atoms with Crippen LogP contribution in [0.3, 0.4) is 0 Å². The normalized spacial score (nSPS) is 14.7.